The minimum absolute atomic E-state index is 0.134. The van der Waals surface area contributed by atoms with Gasteiger partial charge in [0.1, 0.15) is 0 Å². The molecule has 26 heavy (non-hydrogen) atoms. The zero-order valence-corrected chi connectivity index (χ0v) is 15.6. The van der Waals surface area contributed by atoms with Crippen LogP contribution < -0.4 is 16.4 Å². The summed E-state index contributed by atoms with van der Waals surface area (Å²) in [6.45, 7) is 6.33. The number of hydrogen-bond donors (Lipinski definition) is 3. The first-order chi connectivity index (χ1) is 12.4. The molecule has 0 aliphatic rings. The number of aryl methyl sites for hydroxylation is 1. The van der Waals surface area contributed by atoms with E-state index in [1.54, 1.807) is 12.1 Å². The van der Waals surface area contributed by atoms with Crippen molar-refractivity contribution in [3.63, 3.8) is 0 Å². The van der Waals surface area contributed by atoms with Gasteiger partial charge in [-0.05, 0) is 42.7 Å². The van der Waals surface area contributed by atoms with Gasteiger partial charge in [0.2, 0.25) is 5.91 Å². The molecule has 138 valence electrons. The molecule has 0 aliphatic heterocycles. The van der Waals surface area contributed by atoms with Crippen molar-refractivity contribution in [3.05, 3.63) is 65.2 Å². The van der Waals surface area contributed by atoms with Crippen molar-refractivity contribution in [1.82, 2.24) is 5.32 Å². The summed E-state index contributed by atoms with van der Waals surface area (Å²) >= 11 is 0. The zero-order chi connectivity index (χ0) is 19.1. The summed E-state index contributed by atoms with van der Waals surface area (Å²) in [4.78, 5) is 24.4. The van der Waals surface area contributed by atoms with E-state index in [4.69, 9.17) is 5.73 Å². The highest BCUT2D eigenvalue weighted by Crippen LogP contribution is 2.13. The number of benzene rings is 2. The van der Waals surface area contributed by atoms with E-state index in [-0.39, 0.29) is 17.7 Å². The fourth-order valence-electron chi connectivity index (χ4n) is 2.49. The van der Waals surface area contributed by atoms with Gasteiger partial charge in [-0.3, -0.25) is 9.59 Å². The van der Waals surface area contributed by atoms with E-state index in [1.807, 2.05) is 57.2 Å². The van der Waals surface area contributed by atoms with Crippen LogP contribution in [0.4, 0.5) is 5.69 Å². The lowest BCUT2D eigenvalue weighted by Gasteiger charge is -2.17. The van der Waals surface area contributed by atoms with Crippen LogP contribution in [0, 0.1) is 12.8 Å². The van der Waals surface area contributed by atoms with Crippen molar-refractivity contribution < 1.29 is 9.59 Å². The first-order valence-corrected chi connectivity index (χ1v) is 8.91. The summed E-state index contributed by atoms with van der Waals surface area (Å²) in [5.41, 5.74) is 9.24. The third kappa shape index (κ3) is 5.43. The molecule has 2 atom stereocenters. The highest BCUT2D eigenvalue weighted by molar-refractivity contribution is 6.04. The number of amides is 2. The second kappa shape index (κ2) is 9.15. The quantitative estimate of drug-likeness (QED) is 0.714. The van der Waals surface area contributed by atoms with Gasteiger partial charge >= 0.3 is 0 Å². The highest BCUT2D eigenvalue weighted by atomic mass is 16.2. The average Bonchev–Trinajstić information content (AvgIpc) is 2.65. The van der Waals surface area contributed by atoms with E-state index in [0.29, 0.717) is 17.8 Å². The molecule has 5 nitrogen and oxygen atoms in total. The van der Waals surface area contributed by atoms with Crippen LogP contribution in [-0.2, 0) is 11.3 Å². The lowest BCUT2D eigenvalue weighted by atomic mass is 9.99. The first kappa shape index (κ1) is 19.7. The average molecular weight is 353 g/mol. The maximum atomic E-state index is 12.3. The summed E-state index contributed by atoms with van der Waals surface area (Å²) in [7, 11) is 0. The molecule has 0 fully saturated rings. The van der Waals surface area contributed by atoms with Crippen LogP contribution in [0.1, 0.15) is 41.8 Å². The van der Waals surface area contributed by atoms with E-state index in [9.17, 15) is 9.59 Å². The van der Waals surface area contributed by atoms with Gasteiger partial charge in [-0.2, -0.15) is 0 Å². The van der Waals surface area contributed by atoms with Gasteiger partial charge in [0, 0.05) is 17.8 Å². The van der Waals surface area contributed by atoms with Crippen LogP contribution in [0.3, 0.4) is 0 Å². The Bertz CT molecular complexity index is 756. The molecular weight excluding hydrogens is 326 g/mol. The Morgan fingerprint density at radius 1 is 1.12 bits per heavy atom. The summed E-state index contributed by atoms with van der Waals surface area (Å²) in [6, 6.07) is 14.3. The molecule has 2 unspecified atom stereocenters. The summed E-state index contributed by atoms with van der Waals surface area (Å²) in [6.07, 6.45) is 0.856. The molecule has 0 saturated carbocycles. The Kier molecular flexibility index (Phi) is 6.92. The second-order valence-electron chi connectivity index (χ2n) is 6.65. The van der Waals surface area contributed by atoms with Crippen LogP contribution in [-0.4, -0.2) is 17.9 Å². The third-order valence-electron chi connectivity index (χ3n) is 4.53. The Morgan fingerprint density at radius 3 is 2.46 bits per heavy atom. The van der Waals surface area contributed by atoms with E-state index >= 15 is 0 Å². The first-order valence-electron chi connectivity index (χ1n) is 8.91. The van der Waals surface area contributed by atoms with E-state index < -0.39 is 6.04 Å². The molecule has 2 rings (SSSR count). The predicted molar refractivity (Wildman–Crippen MR) is 105 cm³/mol. The largest absolute Gasteiger partial charge is 0.351 e. The maximum absolute atomic E-state index is 12.3. The summed E-state index contributed by atoms with van der Waals surface area (Å²) in [5.74, 6) is -0.187. The number of carbonyl (C=O) groups excluding carboxylic acids is 2. The van der Waals surface area contributed by atoms with Gasteiger partial charge in [0.15, 0.2) is 0 Å². The SMILES string of the molecule is CCC(C)C(N)C(=O)NCc1cccc(NC(=O)c2ccc(C)cc2)c1. The molecule has 0 bridgehead atoms. The fourth-order valence-corrected chi connectivity index (χ4v) is 2.49. The van der Waals surface area contributed by atoms with Gasteiger partial charge in [-0.25, -0.2) is 0 Å². The smallest absolute Gasteiger partial charge is 0.255 e. The van der Waals surface area contributed by atoms with Gasteiger partial charge < -0.3 is 16.4 Å². The molecule has 2 aromatic carbocycles. The zero-order valence-electron chi connectivity index (χ0n) is 15.6. The number of anilines is 1. The van der Waals surface area contributed by atoms with Crippen molar-refractivity contribution in [3.8, 4) is 0 Å². The highest BCUT2D eigenvalue weighted by Gasteiger charge is 2.18. The molecule has 2 aromatic rings. The summed E-state index contributed by atoms with van der Waals surface area (Å²) < 4.78 is 0. The maximum Gasteiger partial charge on any atom is 0.255 e. The van der Waals surface area contributed by atoms with Gasteiger partial charge in [0.25, 0.3) is 5.91 Å². The molecule has 0 aromatic heterocycles. The lowest BCUT2D eigenvalue weighted by molar-refractivity contribution is -0.123. The Balaban J connectivity index is 1.96. The van der Waals surface area contributed by atoms with Crippen LogP contribution in [0.15, 0.2) is 48.5 Å². The molecule has 0 heterocycles. The number of rotatable bonds is 7. The van der Waals surface area contributed by atoms with Crippen LogP contribution in [0.25, 0.3) is 0 Å². The van der Waals surface area contributed by atoms with Crippen molar-refractivity contribution in [2.75, 3.05) is 5.32 Å². The van der Waals surface area contributed by atoms with Crippen LogP contribution in [0.2, 0.25) is 0 Å². The van der Waals surface area contributed by atoms with Gasteiger partial charge in [-0.1, -0.05) is 50.1 Å². The van der Waals surface area contributed by atoms with Crippen LogP contribution >= 0.6 is 0 Å². The van der Waals surface area contributed by atoms with E-state index in [0.717, 1.165) is 17.5 Å². The molecule has 2 amide bonds. The third-order valence-corrected chi connectivity index (χ3v) is 4.53. The fraction of sp³-hybridized carbons (Fsp3) is 0.333. The monoisotopic (exact) mass is 353 g/mol. The molecular formula is C21H27N3O2. The second-order valence-corrected chi connectivity index (χ2v) is 6.65. The van der Waals surface area contributed by atoms with Crippen molar-refractivity contribution in [2.24, 2.45) is 11.7 Å². The topological polar surface area (TPSA) is 84.2 Å². The standard InChI is InChI=1S/C21H27N3O2/c1-4-15(3)19(22)21(26)23-13-16-6-5-7-18(12-16)24-20(25)17-10-8-14(2)9-11-17/h5-12,15,19H,4,13,22H2,1-3H3,(H,23,26)(H,24,25). The Morgan fingerprint density at radius 2 is 1.81 bits per heavy atom. The molecule has 0 radical (unpaired) electrons. The van der Waals surface area contributed by atoms with Crippen LogP contribution in [0.5, 0.6) is 0 Å². The minimum atomic E-state index is -0.510. The van der Waals surface area contributed by atoms with Gasteiger partial charge in [0.05, 0.1) is 6.04 Å². The van der Waals surface area contributed by atoms with Crippen molar-refractivity contribution >= 4 is 17.5 Å². The Labute approximate surface area is 155 Å². The minimum Gasteiger partial charge on any atom is -0.351 e. The van der Waals surface area contributed by atoms with E-state index in [2.05, 4.69) is 10.6 Å². The lowest BCUT2D eigenvalue weighted by Crippen LogP contribution is -2.44. The molecule has 5 heteroatoms. The number of hydrogen-bond acceptors (Lipinski definition) is 3. The van der Waals surface area contributed by atoms with Crippen molar-refractivity contribution in [1.29, 1.82) is 0 Å². The predicted octanol–water partition coefficient (Wildman–Crippen LogP) is 3.24. The number of nitrogens with one attached hydrogen (secondary N) is 2. The van der Waals surface area contributed by atoms with Crippen molar-refractivity contribution in [2.45, 2.75) is 39.8 Å². The molecule has 4 N–H and O–H groups in total. The molecule has 0 spiro atoms. The normalized spacial score (nSPS) is 12.9. The molecule has 0 aliphatic carbocycles. The molecule has 0 saturated heterocycles. The summed E-state index contributed by atoms with van der Waals surface area (Å²) in [5, 5.41) is 5.74. The Hall–Kier alpha value is -2.66. The number of carbonyl (C=O) groups is 2. The van der Waals surface area contributed by atoms with E-state index in [1.165, 1.54) is 0 Å². The number of nitrogens with two attached hydrogens (primary N) is 1. The van der Waals surface area contributed by atoms with Gasteiger partial charge in [-0.15, -0.1) is 0 Å².